The zero-order chi connectivity index (χ0) is 11.5. The fourth-order valence-corrected chi connectivity index (χ4v) is 1.82. The Morgan fingerprint density at radius 2 is 1.94 bits per heavy atom. The van der Waals surface area contributed by atoms with Crippen LogP contribution in [0.4, 0.5) is 11.6 Å². The second kappa shape index (κ2) is 4.63. The Labute approximate surface area is 95.4 Å². The van der Waals surface area contributed by atoms with E-state index >= 15 is 0 Å². The molecule has 1 aliphatic rings. The SMILES string of the molecule is Cc1nc(NN)cc(N2CCN(C)CC2)n1. The minimum Gasteiger partial charge on any atom is -0.354 e. The van der Waals surface area contributed by atoms with Crippen LogP contribution in [0.15, 0.2) is 6.07 Å². The summed E-state index contributed by atoms with van der Waals surface area (Å²) in [4.78, 5) is 13.2. The molecule has 0 unspecified atom stereocenters. The summed E-state index contributed by atoms with van der Waals surface area (Å²) in [5.41, 5.74) is 2.57. The quantitative estimate of drug-likeness (QED) is 0.534. The van der Waals surface area contributed by atoms with Crippen LogP contribution in [0.3, 0.4) is 0 Å². The second-order valence-electron chi connectivity index (χ2n) is 4.09. The Bertz CT molecular complexity index is 358. The van der Waals surface area contributed by atoms with Gasteiger partial charge in [-0.3, -0.25) is 0 Å². The average Bonchev–Trinajstić information content (AvgIpc) is 2.29. The first-order valence-electron chi connectivity index (χ1n) is 5.45. The van der Waals surface area contributed by atoms with Crippen molar-refractivity contribution in [2.24, 2.45) is 5.84 Å². The largest absolute Gasteiger partial charge is 0.354 e. The number of piperazine rings is 1. The van der Waals surface area contributed by atoms with E-state index in [1.165, 1.54) is 0 Å². The van der Waals surface area contributed by atoms with Gasteiger partial charge in [0.2, 0.25) is 0 Å². The monoisotopic (exact) mass is 222 g/mol. The molecule has 2 heterocycles. The van der Waals surface area contributed by atoms with Crippen molar-refractivity contribution in [3.8, 4) is 0 Å². The molecule has 1 saturated heterocycles. The molecule has 0 aromatic carbocycles. The first-order chi connectivity index (χ1) is 7.69. The van der Waals surface area contributed by atoms with Crippen LogP contribution in [0.5, 0.6) is 0 Å². The molecule has 1 aromatic heterocycles. The lowest BCUT2D eigenvalue weighted by Gasteiger charge is -2.33. The highest BCUT2D eigenvalue weighted by Crippen LogP contribution is 2.16. The number of nitrogens with zero attached hydrogens (tertiary/aromatic N) is 4. The van der Waals surface area contributed by atoms with Gasteiger partial charge in [0.1, 0.15) is 17.5 Å². The molecule has 6 nitrogen and oxygen atoms in total. The summed E-state index contributed by atoms with van der Waals surface area (Å²) in [5, 5.41) is 0. The van der Waals surface area contributed by atoms with Crippen LogP contribution in [0.1, 0.15) is 5.82 Å². The third-order valence-electron chi connectivity index (χ3n) is 2.80. The van der Waals surface area contributed by atoms with E-state index in [-0.39, 0.29) is 0 Å². The van der Waals surface area contributed by atoms with Crippen molar-refractivity contribution in [1.29, 1.82) is 0 Å². The third-order valence-corrected chi connectivity index (χ3v) is 2.80. The lowest BCUT2D eigenvalue weighted by molar-refractivity contribution is 0.312. The summed E-state index contributed by atoms with van der Waals surface area (Å²) in [6, 6.07) is 1.89. The number of nitrogen functional groups attached to an aromatic ring is 1. The summed E-state index contributed by atoms with van der Waals surface area (Å²) in [6.45, 7) is 6.00. The molecule has 2 rings (SSSR count). The fourth-order valence-electron chi connectivity index (χ4n) is 1.82. The van der Waals surface area contributed by atoms with E-state index in [9.17, 15) is 0 Å². The molecule has 1 fully saturated rings. The maximum Gasteiger partial charge on any atom is 0.145 e. The predicted octanol–water partition coefficient (Wildman–Crippen LogP) is -0.178. The normalized spacial score (nSPS) is 17.6. The first kappa shape index (κ1) is 11.1. The van der Waals surface area contributed by atoms with Gasteiger partial charge in [0.25, 0.3) is 0 Å². The highest BCUT2D eigenvalue weighted by atomic mass is 15.3. The molecule has 0 atom stereocenters. The van der Waals surface area contributed by atoms with Crippen molar-refractivity contribution >= 4 is 11.6 Å². The summed E-state index contributed by atoms with van der Waals surface area (Å²) in [7, 11) is 2.13. The molecule has 3 N–H and O–H groups in total. The topological polar surface area (TPSA) is 70.3 Å². The van der Waals surface area contributed by atoms with E-state index < -0.39 is 0 Å². The highest BCUT2D eigenvalue weighted by molar-refractivity contribution is 5.49. The number of hydrogen-bond acceptors (Lipinski definition) is 6. The van der Waals surface area contributed by atoms with Gasteiger partial charge in [0, 0.05) is 32.2 Å². The molecule has 88 valence electrons. The molecule has 0 aliphatic carbocycles. The van der Waals surface area contributed by atoms with Crippen LogP contribution >= 0.6 is 0 Å². The molecule has 0 spiro atoms. The molecule has 1 aliphatic heterocycles. The van der Waals surface area contributed by atoms with Crippen molar-refractivity contribution in [2.75, 3.05) is 43.6 Å². The Morgan fingerprint density at radius 3 is 2.56 bits per heavy atom. The van der Waals surface area contributed by atoms with Crippen LogP contribution in [-0.2, 0) is 0 Å². The molecular weight excluding hydrogens is 204 g/mol. The smallest absolute Gasteiger partial charge is 0.145 e. The Balaban J connectivity index is 2.16. The van der Waals surface area contributed by atoms with Crippen molar-refractivity contribution in [3.05, 3.63) is 11.9 Å². The maximum absolute atomic E-state index is 5.37. The van der Waals surface area contributed by atoms with Gasteiger partial charge < -0.3 is 15.2 Å². The summed E-state index contributed by atoms with van der Waals surface area (Å²) in [5.74, 6) is 7.73. The van der Waals surface area contributed by atoms with Crippen LogP contribution < -0.4 is 16.2 Å². The van der Waals surface area contributed by atoms with Gasteiger partial charge >= 0.3 is 0 Å². The van der Waals surface area contributed by atoms with Crippen molar-refractivity contribution < 1.29 is 0 Å². The number of anilines is 2. The molecule has 0 radical (unpaired) electrons. The minimum absolute atomic E-state index is 0.668. The van der Waals surface area contributed by atoms with Gasteiger partial charge in [0.15, 0.2) is 0 Å². The fraction of sp³-hybridized carbons (Fsp3) is 0.600. The number of nitrogens with two attached hydrogens (primary N) is 1. The predicted molar refractivity (Wildman–Crippen MR) is 64.3 cm³/mol. The molecule has 1 aromatic rings. The number of hydrogen-bond donors (Lipinski definition) is 2. The number of rotatable bonds is 2. The number of hydrazine groups is 1. The first-order valence-corrected chi connectivity index (χ1v) is 5.45. The zero-order valence-electron chi connectivity index (χ0n) is 9.77. The van der Waals surface area contributed by atoms with Crippen LogP contribution in [-0.4, -0.2) is 48.1 Å². The molecular formula is C10H18N6. The van der Waals surface area contributed by atoms with E-state index in [2.05, 4.69) is 32.2 Å². The lowest BCUT2D eigenvalue weighted by Crippen LogP contribution is -2.44. The number of likely N-dealkylation sites (N-methyl/N-ethyl adjacent to an activating group) is 1. The molecule has 16 heavy (non-hydrogen) atoms. The Hall–Kier alpha value is -1.40. The summed E-state index contributed by atoms with van der Waals surface area (Å²) < 4.78 is 0. The molecule has 0 amide bonds. The average molecular weight is 222 g/mol. The zero-order valence-corrected chi connectivity index (χ0v) is 9.77. The number of aryl methyl sites for hydroxylation is 1. The highest BCUT2D eigenvalue weighted by Gasteiger charge is 2.16. The molecule has 0 bridgehead atoms. The second-order valence-corrected chi connectivity index (χ2v) is 4.09. The van der Waals surface area contributed by atoms with Crippen LogP contribution in [0.2, 0.25) is 0 Å². The van der Waals surface area contributed by atoms with E-state index in [1.807, 2.05) is 13.0 Å². The van der Waals surface area contributed by atoms with Gasteiger partial charge in [-0.25, -0.2) is 15.8 Å². The standard InChI is InChI=1S/C10H18N6/c1-8-12-9(14-11)7-10(13-8)16-5-3-15(2)4-6-16/h7H,3-6,11H2,1-2H3,(H,12,13,14). The van der Waals surface area contributed by atoms with Gasteiger partial charge in [-0.2, -0.15) is 0 Å². The third kappa shape index (κ3) is 2.40. The molecule has 6 heteroatoms. The van der Waals surface area contributed by atoms with Gasteiger partial charge in [-0.1, -0.05) is 0 Å². The van der Waals surface area contributed by atoms with E-state index in [0.717, 1.165) is 37.8 Å². The number of nitrogens with one attached hydrogen (secondary N) is 1. The van der Waals surface area contributed by atoms with Gasteiger partial charge in [-0.15, -0.1) is 0 Å². The number of aromatic nitrogens is 2. The van der Waals surface area contributed by atoms with Gasteiger partial charge in [0.05, 0.1) is 0 Å². The van der Waals surface area contributed by atoms with Crippen LogP contribution in [0, 0.1) is 6.92 Å². The lowest BCUT2D eigenvalue weighted by atomic mass is 10.3. The van der Waals surface area contributed by atoms with Crippen molar-refractivity contribution in [3.63, 3.8) is 0 Å². The van der Waals surface area contributed by atoms with E-state index in [1.54, 1.807) is 0 Å². The minimum atomic E-state index is 0.668. The van der Waals surface area contributed by atoms with E-state index in [0.29, 0.717) is 5.82 Å². The Morgan fingerprint density at radius 1 is 1.25 bits per heavy atom. The summed E-state index contributed by atoms with van der Waals surface area (Å²) >= 11 is 0. The summed E-state index contributed by atoms with van der Waals surface area (Å²) in [6.07, 6.45) is 0. The van der Waals surface area contributed by atoms with Gasteiger partial charge in [-0.05, 0) is 14.0 Å². The Kier molecular flexibility index (Phi) is 3.21. The van der Waals surface area contributed by atoms with Crippen LogP contribution in [0.25, 0.3) is 0 Å². The maximum atomic E-state index is 5.37. The van der Waals surface area contributed by atoms with E-state index in [4.69, 9.17) is 5.84 Å². The molecule has 0 saturated carbocycles. The van der Waals surface area contributed by atoms with Crippen molar-refractivity contribution in [1.82, 2.24) is 14.9 Å². The van der Waals surface area contributed by atoms with Crippen molar-refractivity contribution in [2.45, 2.75) is 6.92 Å².